The van der Waals surface area contributed by atoms with Gasteiger partial charge in [0.1, 0.15) is 4.70 Å². The SMILES string of the molecule is CN(C)CCn1c(=S)[nH]c2ccsc2c1=O. The molecule has 2 rings (SSSR count). The van der Waals surface area contributed by atoms with Crippen LogP contribution < -0.4 is 5.56 Å². The molecule has 16 heavy (non-hydrogen) atoms. The van der Waals surface area contributed by atoms with Crippen LogP contribution >= 0.6 is 23.6 Å². The second-order valence-electron chi connectivity index (χ2n) is 3.85. The molecule has 0 aliphatic heterocycles. The first-order chi connectivity index (χ1) is 7.59. The maximum atomic E-state index is 12.1. The predicted molar refractivity (Wildman–Crippen MR) is 69.8 cm³/mol. The van der Waals surface area contributed by atoms with Gasteiger partial charge in [-0.05, 0) is 37.8 Å². The van der Waals surface area contributed by atoms with Crippen molar-refractivity contribution in [2.45, 2.75) is 6.54 Å². The van der Waals surface area contributed by atoms with Crippen LogP contribution in [0.2, 0.25) is 0 Å². The number of thiophene rings is 1. The summed E-state index contributed by atoms with van der Waals surface area (Å²) in [6.45, 7) is 1.42. The number of nitrogens with zero attached hydrogens (tertiary/aromatic N) is 2. The van der Waals surface area contributed by atoms with Crippen LogP contribution in [0.3, 0.4) is 0 Å². The highest BCUT2D eigenvalue weighted by atomic mass is 32.1. The normalized spacial score (nSPS) is 11.4. The zero-order valence-corrected chi connectivity index (χ0v) is 10.8. The quantitative estimate of drug-likeness (QED) is 0.848. The van der Waals surface area contributed by atoms with Crippen LogP contribution in [-0.2, 0) is 6.54 Å². The van der Waals surface area contributed by atoms with Crippen molar-refractivity contribution in [3.05, 3.63) is 26.6 Å². The second kappa shape index (κ2) is 4.48. The molecule has 4 nitrogen and oxygen atoms in total. The van der Waals surface area contributed by atoms with Gasteiger partial charge in [0.05, 0.1) is 5.52 Å². The Bertz CT molecular complexity index is 608. The molecule has 0 saturated carbocycles. The third-order valence-corrected chi connectivity index (χ3v) is 3.59. The van der Waals surface area contributed by atoms with Gasteiger partial charge in [0, 0.05) is 13.1 Å². The summed E-state index contributed by atoms with van der Waals surface area (Å²) in [6, 6.07) is 1.88. The minimum Gasteiger partial charge on any atom is -0.331 e. The lowest BCUT2D eigenvalue weighted by Gasteiger charge is -2.11. The van der Waals surface area contributed by atoms with E-state index in [0.717, 1.165) is 16.8 Å². The van der Waals surface area contributed by atoms with E-state index >= 15 is 0 Å². The van der Waals surface area contributed by atoms with E-state index in [1.54, 1.807) is 4.57 Å². The number of aromatic nitrogens is 2. The minimum absolute atomic E-state index is 0.00981. The number of aromatic amines is 1. The molecule has 0 aromatic carbocycles. The van der Waals surface area contributed by atoms with Crippen LogP contribution in [0.15, 0.2) is 16.2 Å². The largest absolute Gasteiger partial charge is 0.331 e. The number of hydrogen-bond donors (Lipinski definition) is 1. The van der Waals surface area contributed by atoms with Crippen molar-refractivity contribution in [1.29, 1.82) is 0 Å². The average Bonchev–Trinajstić information content (AvgIpc) is 2.64. The molecule has 0 amide bonds. The summed E-state index contributed by atoms with van der Waals surface area (Å²) in [5.41, 5.74) is 0.844. The van der Waals surface area contributed by atoms with E-state index in [1.165, 1.54) is 11.3 Å². The fraction of sp³-hybridized carbons (Fsp3) is 0.400. The molecule has 2 aromatic rings. The van der Waals surface area contributed by atoms with Gasteiger partial charge < -0.3 is 9.88 Å². The Morgan fingerprint density at radius 2 is 2.31 bits per heavy atom. The van der Waals surface area contributed by atoms with Crippen molar-refractivity contribution in [1.82, 2.24) is 14.5 Å². The van der Waals surface area contributed by atoms with Gasteiger partial charge in [-0.15, -0.1) is 11.3 Å². The molecule has 2 aromatic heterocycles. The molecule has 2 heterocycles. The van der Waals surface area contributed by atoms with E-state index in [9.17, 15) is 4.79 Å². The smallest absolute Gasteiger partial charge is 0.272 e. The van der Waals surface area contributed by atoms with Gasteiger partial charge in [-0.1, -0.05) is 0 Å². The van der Waals surface area contributed by atoms with Gasteiger partial charge in [-0.3, -0.25) is 9.36 Å². The predicted octanol–water partition coefficient (Wildman–Crippen LogP) is 1.68. The second-order valence-corrected chi connectivity index (χ2v) is 5.16. The summed E-state index contributed by atoms with van der Waals surface area (Å²) in [5.74, 6) is 0. The zero-order chi connectivity index (χ0) is 11.7. The fourth-order valence-corrected chi connectivity index (χ4v) is 2.56. The van der Waals surface area contributed by atoms with Crippen molar-refractivity contribution in [3.63, 3.8) is 0 Å². The number of rotatable bonds is 3. The lowest BCUT2D eigenvalue weighted by atomic mass is 10.4. The molecule has 0 atom stereocenters. The Hall–Kier alpha value is -0.980. The highest BCUT2D eigenvalue weighted by molar-refractivity contribution is 7.71. The average molecular weight is 255 g/mol. The Kier molecular flexibility index (Phi) is 3.22. The Balaban J connectivity index is 2.52. The summed E-state index contributed by atoms with van der Waals surface area (Å²) in [4.78, 5) is 17.2. The van der Waals surface area contributed by atoms with E-state index in [-0.39, 0.29) is 5.56 Å². The summed E-state index contributed by atoms with van der Waals surface area (Å²) in [5, 5.41) is 1.90. The number of likely N-dealkylation sites (N-methyl/N-ethyl adjacent to an activating group) is 1. The van der Waals surface area contributed by atoms with E-state index in [0.29, 0.717) is 11.3 Å². The molecule has 0 bridgehead atoms. The van der Waals surface area contributed by atoms with Crippen molar-refractivity contribution >= 4 is 33.8 Å². The van der Waals surface area contributed by atoms with Crippen molar-refractivity contribution < 1.29 is 0 Å². The van der Waals surface area contributed by atoms with Gasteiger partial charge in [0.15, 0.2) is 4.77 Å². The molecule has 0 saturated heterocycles. The molecule has 0 aliphatic rings. The lowest BCUT2D eigenvalue weighted by Crippen LogP contribution is -2.27. The number of fused-ring (bicyclic) bond motifs is 1. The fourth-order valence-electron chi connectivity index (χ4n) is 1.47. The first-order valence-electron chi connectivity index (χ1n) is 4.94. The molecule has 1 N–H and O–H groups in total. The maximum absolute atomic E-state index is 12.1. The van der Waals surface area contributed by atoms with E-state index < -0.39 is 0 Å². The zero-order valence-electron chi connectivity index (χ0n) is 9.19. The van der Waals surface area contributed by atoms with Gasteiger partial charge in [-0.2, -0.15) is 0 Å². The molecule has 0 radical (unpaired) electrons. The summed E-state index contributed by atoms with van der Waals surface area (Å²) in [6.07, 6.45) is 0. The highest BCUT2D eigenvalue weighted by Gasteiger charge is 2.06. The molecule has 0 fully saturated rings. The Morgan fingerprint density at radius 3 is 3.00 bits per heavy atom. The van der Waals surface area contributed by atoms with Crippen LogP contribution in [0.25, 0.3) is 10.2 Å². The molecule has 0 spiro atoms. The van der Waals surface area contributed by atoms with Crippen LogP contribution in [-0.4, -0.2) is 35.1 Å². The summed E-state index contributed by atoms with van der Waals surface area (Å²) in [7, 11) is 3.95. The van der Waals surface area contributed by atoms with Crippen LogP contribution in [0, 0.1) is 4.77 Å². The molecule has 6 heteroatoms. The van der Waals surface area contributed by atoms with E-state index in [4.69, 9.17) is 12.2 Å². The van der Waals surface area contributed by atoms with Gasteiger partial charge >= 0.3 is 0 Å². The van der Waals surface area contributed by atoms with Crippen LogP contribution in [0.1, 0.15) is 0 Å². The molecule has 0 unspecified atom stereocenters. The number of H-pyrrole nitrogens is 1. The monoisotopic (exact) mass is 255 g/mol. The van der Waals surface area contributed by atoms with Crippen molar-refractivity contribution in [2.24, 2.45) is 0 Å². The molecular weight excluding hydrogens is 242 g/mol. The molecular formula is C10H13N3OS2. The molecule has 86 valence electrons. The van der Waals surface area contributed by atoms with E-state index in [1.807, 2.05) is 30.4 Å². The topological polar surface area (TPSA) is 41.0 Å². The number of nitrogens with one attached hydrogen (secondary N) is 1. The third-order valence-electron chi connectivity index (χ3n) is 2.36. The summed E-state index contributed by atoms with van der Waals surface area (Å²) >= 11 is 6.63. The van der Waals surface area contributed by atoms with Gasteiger partial charge in [-0.25, -0.2) is 0 Å². The van der Waals surface area contributed by atoms with Gasteiger partial charge in [0.2, 0.25) is 0 Å². The standard InChI is InChI=1S/C10H13N3OS2/c1-12(2)4-5-13-9(14)8-7(3-6-16-8)11-10(13)15/h3,6H,4-5H2,1-2H3,(H,11,15). The van der Waals surface area contributed by atoms with Crippen molar-refractivity contribution in [2.75, 3.05) is 20.6 Å². The van der Waals surface area contributed by atoms with Crippen molar-refractivity contribution in [3.8, 4) is 0 Å². The first-order valence-corrected chi connectivity index (χ1v) is 6.23. The van der Waals surface area contributed by atoms with Crippen LogP contribution in [0.4, 0.5) is 0 Å². The summed E-state index contributed by atoms with van der Waals surface area (Å²) < 4.78 is 2.86. The lowest BCUT2D eigenvalue weighted by molar-refractivity contribution is 0.379. The van der Waals surface area contributed by atoms with Crippen LogP contribution in [0.5, 0.6) is 0 Å². The minimum atomic E-state index is 0.00981. The molecule has 0 aliphatic carbocycles. The van der Waals surface area contributed by atoms with Gasteiger partial charge in [0.25, 0.3) is 5.56 Å². The number of hydrogen-bond acceptors (Lipinski definition) is 4. The third kappa shape index (κ3) is 2.09. The highest BCUT2D eigenvalue weighted by Crippen LogP contribution is 2.13. The van der Waals surface area contributed by atoms with E-state index in [2.05, 4.69) is 4.98 Å². The Morgan fingerprint density at radius 1 is 1.56 bits per heavy atom. The first kappa shape index (κ1) is 11.5. The Labute approximate surface area is 102 Å². The maximum Gasteiger partial charge on any atom is 0.272 e.